The minimum absolute atomic E-state index is 0.715. The quantitative estimate of drug-likeness (QED) is 0.115. The van der Waals surface area contributed by atoms with Gasteiger partial charge in [-0.3, -0.25) is 0 Å². The third-order valence-corrected chi connectivity index (χ3v) is 12.3. The number of hydrogen-bond donors (Lipinski definition) is 1. The molecular formula is C60H47N9S. The second-order valence-corrected chi connectivity index (χ2v) is 16.3. The van der Waals surface area contributed by atoms with Gasteiger partial charge in [-0.2, -0.15) is 12.6 Å². The Balaban J connectivity index is 0.00000130. The molecule has 10 heteroatoms. The fourth-order valence-corrected chi connectivity index (χ4v) is 9.42. The number of rotatable bonds is 9. The Hall–Kier alpha value is -9.12. The lowest BCUT2D eigenvalue weighted by Gasteiger charge is -2.25. The molecule has 9 nitrogen and oxygen atoms in total. The van der Waals surface area contributed by atoms with Crippen molar-refractivity contribution in [3.05, 3.63) is 250 Å². The molecular weight excluding hydrogens is 879 g/mol. The van der Waals surface area contributed by atoms with E-state index in [9.17, 15) is 0 Å². The SMILES string of the molecule is C=C.CS.c1ccc(N(c2ccccc2)c2ccc3nc4n(c3c2)c2nc3ccc(N(c5ccccc5)c5ccccc5)cc3n2c2nc3ccc(N(c5ccccc5)c5ccccc5)cc3n42)cc1. The van der Waals surface area contributed by atoms with E-state index in [4.69, 9.17) is 15.0 Å². The maximum absolute atomic E-state index is 5.44. The van der Waals surface area contributed by atoms with Gasteiger partial charge in [0, 0.05) is 51.2 Å². The lowest BCUT2D eigenvalue weighted by molar-refractivity contribution is 1.01. The Morgan fingerprint density at radius 1 is 0.286 bits per heavy atom. The third-order valence-electron chi connectivity index (χ3n) is 12.3. The zero-order valence-electron chi connectivity index (χ0n) is 38.4. The molecule has 0 radical (unpaired) electrons. The Bertz CT molecular complexity index is 3340. The molecule has 13 aromatic rings. The number of fused-ring (bicyclic) bond motifs is 12. The molecule has 0 atom stereocenters. The molecule has 0 saturated carbocycles. The van der Waals surface area contributed by atoms with Crippen LogP contribution in [0.5, 0.6) is 0 Å². The smallest absolute Gasteiger partial charge is 0.225 e. The molecule has 0 aliphatic rings. The van der Waals surface area contributed by atoms with E-state index < -0.39 is 0 Å². The van der Waals surface area contributed by atoms with Crippen LogP contribution in [0.25, 0.3) is 50.4 Å². The maximum atomic E-state index is 5.44. The summed E-state index contributed by atoms with van der Waals surface area (Å²) in [5.74, 6) is 2.14. The average Bonchev–Trinajstić information content (AvgIpc) is 4.13. The van der Waals surface area contributed by atoms with Gasteiger partial charge in [-0.05, 0) is 134 Å². The largest absolute Gasteiger partial charge is 0.310 e. The topological polar surface area (TPSA) is 61.6 Å². The van der Waals surface area contributed by atoms with Crippen LogP contribution in [-0.4, -0.2) is 34.4 Å². The molecule has 13 rings (SSSR count). The van der Waals surface area contributed by atoms with Crippen LogP contribution >= 0.6 is 12.6 Å². The summed E-state index contributed by atoms with van der Waals surface area (Å²) in [5.41, 5.74) is 14.6. The summed E-state index contributed by atoms with van der Waals surface area (Å²) in [6.07, 6.45) is 1.69. The molecule has 4 aromatic heterocycles. The maximum Gasteiger partial charge on any atom is 0.225 e. The van der Waals surface area contributed by atoms with Crippen molar-refractivity contribution in [2.75, 3.05) is 21.0 Å². The summed E-state index contributed by atoms with van der Waals surface area (Å²) in [6.45, 7) is 6.00. The standard InChI is InChI=1S/C57H39N9.C2H4.CH4S/c1-7-19-40(20-8-1)61(41-21-9-2-10-22-41)46-31-34-49-52(37-46)64-55(58-49)65-54-39-48(63(44-27-15-5-16-28-44)45-29-17-6-18-30-45)33-36-51(54)60-57(65)66-53-38-47(32-35-50(53)59-56(64)66)62(42-23-11-3-12-24-42)43-25-13-4-14-26-43;2*1-2/h1-39H;1-2H2;2H,1H3. The fraction of sp³-hybridized carbons (Fsp3) is 0.0167. The first-order valence-electron chi connectivity index (χ1n) is 23.0. The van der Waals surface area contributed by atoms with Gasteiger partial charge in [-0.15, -0.1) is 13.2 Å². The predicted molar refractivity (Wildman–Crippen MR) is 295 cm³/mol. The van der Waals surface area contributed by atoms with Gasteiger partial charge in [-0.1, -0.05) is 109 Å². The highest BCUT2D eigenvalue weighted by atomic mass is 32.1. The van der Waals surface area contributed by atoms with Gasteiger partial charge >= 0.3 is 0 Å². The zero-order chi connectivity index (χ0) is 47.6. The van der Waals surface area contributed by atoms with Crippen molar-refractivity contribution in [3.63, 3.8) is 0 Å². The van der Waals surface area contributed by atoms with Crippen LogP contribution in [0.15, 0.2) is 250 Å². The molecule has 0 unspecified atom stereocenters. The number of thiol groups is 1. The molecule has 0 bridgehead atoms. The second-order valence-electron chi connectivity index (χ2n) is 16.3. The van der Waals surface area contributed by atoms with Gasteiger partial charge in [0.1, 0.15) is 0 Å². The molecule has 338 valence electrons. The van der Waals surface area contributed by atoms with Crippen LogP contribution in [0.1, 0.15) is 0 Å². The van der Waals surface area contributed by atoms with Crippen LogP contribution in [0, 0.1) is 0 Å². The van der Waals surface area contributed by atoms with Crippen molar-refractivity contribution in [1.82, 2.24) is 28.2 Å². The van der Waals surface area contributed by atoms with E-state index in [1.54, 1.807) is 6.26 Å². The first-order chi connectivity index (χ1) is 34.7. The van der Waals surface area contributed by atoms with E-state index in [1.807, 2.05) is 0 Å². The molecule has 0 fully saturated rings. The predicted octanol–water partition coefficient (Wildman–Crippen LogP) is 15.8. The van der Waals surface area contributed by atoms with E-state index in [1.165, 1.54) is 0 Å². The zero-order valence-corrected chi connectivity index (χ0v) is 39.3. The number of para-hydroxylation sites is 6. The highest BCUT2D eigenvalue weighted by Crippen LogP contribution is 2.41. The van der Waals surface area contributed by atoms with Crippen molar-refractivity contribution in [2.45, 2.75) is 0 Å². The van der Waals surface area contributed by atoms with E-state index in [-0.39, 0.29) is 0 Å². The van der Waals surface area contributed by atoms with Gasteiger partial charge in [0.2, 0.25) is 17.3 Å². The molecule has 0 aliphatic carbocycles. The number of hydrogen-bond acceptors (Lipinski definition) is 7. The molecule has 0 saturated heterocycles. The second kappa shape index (κ2) is 18.9. The molecule has 0 spiro atoms. The summed E-state index contributed by atoms with van der Waals surface area (Å²) in [6, 6.07) is 82.5. The number of anilines is 9. The summed E-state index contributed by atoms with van der Waals surface area (Å²) in [4.78, 5) is 23.2. The summed E-state index contributed by atoms with van der Waals surface area (Å²) in [5, 5.41) is 0. The lowest BCUT2D eigenvalue weighted by atomic mass is 10.2. The van der Waals surface area contributed by atoms with Gasteiger partial charge < -0.3 is 14.7 Å². The Labute approximate surface area is 411 Å². The van der Waals surface area contributed by atoms with Crippen molar-refractivity contribution >= 4 is 114 Å². The average molecular weight is 926 g/mol. The Morgan fingerprint density at radius 2 is 0.486 bits per heavy atom. The van der Waals surface area contributed by atoms with Gasteiger partial charge in [0.05, 0.1) is 33.1 Å². The minimum Gasteiger partial charge on any atom is -0.310 e. The molecule has 9 aromatic carbocycles. The molecule has 0 N–H and O–H groups in total. The normalized spacial score (nSPS) is 11.1. The summed E-state index contributed by atoms with van der Waals surface area (Å²) in [7, 11) is 0. The molecule has 4 heterocycles. The third kappa shape index (κ3) is 7.53. The van der Waals surface area contributed by atoms with Crippen molar-refractivity contribution in [2.24, 2.45) is 0 Å². The van der Waals surface area contributed by atoms with E-state index in [0.29, 0.717) is 17.3 Å². The van der Waals surface area contributed by atoms with Crippen molar-refractivity contribution in [1.29, 1.82) is 0 Å². The van der Waals surface area contributed by atoms with Gasteiger partial charge in [-0.25, -0.2) is 28.2 Å². The van der Waals surface area contributed by atoms with Crippen LogP contribution < -0.4 is 14.7 Å². The number of aromatic nitrogens is 6. The van der Waals surface area contributed by atoms with E-state index >= 15 is 0 Å². The fourth-order valence-electron chi connectivity index (χ4n) is 9.42. The Morgan fingerprint density at radius 3 is 0.686 bits per heavy atom. The molecule has 0 aliphatic heterocycles. The van der Waals surface area contributed by atoms with Crippen LogP contribution in [0.3, 0.4) is 0 Å². The molecule has 0 amide bonds. The van der Waals surface area contributed by atoms with Gasteiger partial charge in [0.15, 0.2) is 0 Å². The van der Waals surface area contributed by atoms with Crippen molar-refractivity contribution < 1.29 is 0 Å². The summed E-state index contributed by atoms with van der Waals surface area (Å²) >= 11 is 3.53. The first-order valence-corrected chi connectivity index (χ1v) is 23.9. The highest BCUT2D eigenvalue weighted by molar-refractivity contribution is 7.79. The lowest BCUT2D eigenvalue weighted by Crippen LogP contribution is -2.10. The number of benzene rings is 9. The summed E-state index contributed by atoms with van der Waals surface area (Å²) < 4.78 is 6.60. The van der Waals surface area contributed by atoms with E-state index in [0.717, 1.165) is 84.3 Å². The van der Waals surface area contributed by atoms with Crippen LogP contribution in [-0.2, 0) is 0 Å². The monoisotopic (exact) mass is 925 g/mol. The minimum atomic E-state index is 0.715. The highest BCUT2D eigenvalue weighted by Gasteiger charge is 2.24. The van der Waals surface area contributed by atoms with Crippen LogP contribution in [0.4, 0.5) is 51.2 Å². The first kappa shape index (κ1) is 43.5. The van der Waals surface area contributed by atoms with E-state index in [2.05, 4.69) is 290 Å². The van der Waals surface area contributed by atoms with Crippen LogP contribution in [0.2, 0.25) is 0 Å². The Kier molecular flexibility index (Phi) is 11.7. The van der Waals surface area contributed by atoms with Gasteiger partial charge in [0.25, 0.3) is 0 Å². The number of imidazole rings is 3. The molecule has 70 heavy (non-hydrogen) atoms. The van der Waals surface area contributed by atoms with Crippen molar-refractivity contribution in [3.8, 4) is 0 Å². The number of nitrogens with zero attached hydrogens (tertiary/aromatic N) is 9.